The molecule has 0 saturated heterocycles. The van der Waals surface area contributed by atoms with E-state index in [4.69, 9.17) is 32.7 Å². The molecule has 3 rings (SSSR count). The minimum Gasteiger partial charge on any atom is -0.479 e. The number of benzene rings is 1. The Morgan fingerprint density at radius 2 is 1.97 bits per heavy atom. The molecule has 0 saturated carbocycles. The number of nitrogens with one attached hydrogen (secondary N) is 1. The largest absolute Gasteiger partial charge is 0.479 e. The lowest BCUT2D eigenvalue weighted by molar-refractivity contribution is -0.122. The first kappa shape index (κ1) is 22.9. The number of halogens is 2. The summed E-state index contributed by atoms with van der Waals surface area (Å²) < 4.78 is 11.1. The maximum absolute atomic E-state index is 12.8. The topological polar surface area (TPSA) is 64.6 Å². The van der Waals surface area contributed by atoms with Crippen LogP contribution in [0.3, 0.4) is 0 Å². The molecule has 0 bridgehead atoms. The van der Waals surface area contributed by atoms with Gasteiger partial charge in [-0.2, -0.15) is 0 Å². The predicted octanol–water partition coefficient (Wildman–Crippen LogP) is 6.30. The van der Waals surface area contributed by atoms with Gasteiger partial charge in [-0.05, 0) is 62.8 Å². The van der Waals surface area contributed by atoms with Gasteiger partial charge < -0.3 is 14.8 Å². The molecular weight excluding hydrogens is 445 g/mol. The highest BCUT2D eigenvalue weighted by molar-refractivity contribution is 7.17. The van der Waals surface area contributed by atoms with E-state index in [-0.39, 0.29) is 11.9 Å². The van der Waals surface area contributed by atoms with Crippen LogP contribution in [0.5, 0.6) is 5.75 Å². The van der Waals surface area contributed by atoms with Gasteiger partial charge in [-0.25, -0.2) is 4.79 Å². The van der Waals surface area contributed by atoms with Gasteiger partial charge >= 0.3 is 5.97 Å². The van der Waals surface area contributed by atoms with Crippen molar-refractivity contribution in [2.24, 2.45) is 0 Å². The number of thiophene rings is 1. The summed E-state index contributed by atoms with van der Waals surface area (Å²) in [6.07, 6.45) is 4.91. The van der Waals surface area contributed by atoms with E-state index in [1.165, 1.54) is 11.3 Å². The van der Waals surface area contributed by atoms with Crippen LogP contribution < -0.4 is 10.1 Å². The number of fused-ring (bicyclic) bond motifs is 1. The maximum atomic E-state index is 12.8. The number of aryl methyl sites for hydroxylation is 1. The van der Waals surface area contributed by atoms with E-state index in [2.05, 4.69) is 5.32 Å². The Kier molecular flexibility index (Phi) is 8.03. The lowest BCUT2D eigenvalue weighted by Gasteiger charge is -2.16. The number of rotatable bonds is 7. The summed E-state index contributed by atoms with van der Waals surface area (Å²) in [5, 5.41) is 4.23. The van der Waals surface area contributed by atoms with Crippen LogP contribution in [0.1, 0.15) is 60.3 Å². The molecule has 30 heavy (non-hydrogen) atoms. The quantitative estimate of drug-likeness (QED) is 0.381. The number of anilines is 1. The van der Waals surface area contributed by atoms with Crippen molar-refractivity contribution in [3.8, 4) is 5.75 Å². The first-order chi connectivity index (χ1) is 14.4. The third-order valence-corrected chi connectivity index (χ3v) is 6.60. The van der Waals surface area contributed by atoms with Crippen LogP contribution in [0.15, 0.2) is 18.2 Å². The van der Waals surface area contributed by atoms with Crippen molar-refractivity contribution in [2.75, 3.05) is 11.9 Å². The Morgan fingerprint density at radius 1 is 1.20 bits per heavy atom. The van der Waals surface area contributed by atoms with Crippen LogP contribution in [0.2, 0.25) is 10.0 Å². The summed E-state index contributed by atoms with van der Waals surface area (Å²) in [5.41, 5.74) is 1.51. The number of hydrogen-bond acceptors (Lipinski definition) is 5. The SMILES string of the molecule is CCCOC(=O)c1c(NC(=O)[C@H](C)Oc2ccc(Cl)cc2Cl)sc2c1CCCCC2. The minimum absolute atomic E-state index is 0.328. The molecule has 5 nitrogen and oxygen atoms in total. The summed E-state index contributed by atoms with van der Waals surface area (Å²) >= 11 is 13.5. The highest BCUT2D eigenvalue weighted by Crippen LogP contribution is 2.38. The normalized spacial score (nSPS) is 14.4. The van der Waals surface area contributed by atoms with Crippen molar-refractivity contribution in [3.05, 3.63) is 44.2 Å². The molecule has 1 heterocycles. The number of carbonyl (C=O) groups excluding carboxylic acids is 2. The van der Waals surface area contributed by atoms with Gasteiger partial charge in [0.05, 0.1) is 17.2 Å². The van der Waals surface area contributed by atoms with Crippen molar-refractivity contribution in [2.45, 2.75) is 58.5 Å². The van der Waals surface area contributed by atoms with Gasteiger partial charge in [0.15, 0.2) is 6.10 Å². The molecule has 1 amide bonds. The first-order valence-corrected chi connectivity index (χ1v) is 11.7. The van der Waals surface area contributed by atoms with Crippen LogP contribution in [-0.2, 0) is 22.4 Å². The molecule has 0 aliphatic heterocycles. The Bertz CT molecular complexity index is 928. The summed E-state index contributed by atoms with van der Waals surface area (Å²) in [5.74, 6) is -0.365. The zero-order valence-corrected chi connectivity index (χ0v) is 19.4. The molecular formula is C22H25Cl2NO4S. The Labute approximate surface area is 190 Å². The number of carbonyl (C=O) groups is 2. The maximum Gasteiger partial charge on any atom is 0.341 e. The summed E-state index contributed by atoms with van der Waals surface area (Å²) in [6.45, 7) is 3.93. The first-order valence-electron chi connectivity index (χ1n) is 10.1. The van der Waals surface area contributed by atoms with Crippen LogP contribution >= 0.6 is 34.5 Å². The van der Waals surface area contributed by atoms with E-state index >= 15 is 0 Å². The molecule has 1 N–H and O–H groups in total. The third-order valence-electron chi connectivity index (χ3n) is 4.87. The summed E-state index contributed by atoms with van der Waals surface area (Å²) in [4.78, 5) is 26.7. The van der Waals surface area contributed by atoms with Gasteiger partial charge in [0.25, 0.3) is 5.91 Å². The van der Waals surface area contributed by atoms with Gasteiger partial charge in [0.1, 0.15) is 10.8 Å². The molecule has 1 aliphatic rings. The molecule has 1 atom stereocenters. The fourth-order valence-corrected chi connectivity index (χ4v) is 5.08. The van der Waals surface area contributed by atoms with Gasteiger partial charge in [0, 0.05) is 9.90 Å². The summed E-state index contributed by atoms with van der Waals surface area (Å²) in [6, 6.07) is 4.82. The van der Waals surface area contributed by atoms with Crippen molar-refractivity contribution >= 4 is 51.4 Å². The monoisotopic (exact) mass is 469 g/mol. The lowest BCUT2D eigenvalue weighted by atomic mass is 10.1. The average Bonchev–Trinajstić information content (AvgIpc) is 2.88. The van der Waals surface area contributed by atoms with Gasteiger partial charge in [-0.1, -0.05) is 36.5 Å². The van der Waals surface area contributed by atoms with E-state index in [1.807, 2.05) is 6.92 Å². The molecule has 2 aromatic rings. The van der Waals surface area contributed by atoms with Gasteiger partial charge in [-0.3, -0.25) is 4.79 Å². The van der Waals surface area contributed by atoms with Crippen LogP contribution in [0.25, 0.3) is 0 Å². The highest BCUT2D eigenvalue weighted by Gasteiger charge is 2.28. The van der Waals surface area contributed by atoms with E-state index in [0.717, 1.165) is 49.0 Å². The fraction of sp³-hybridized carbons (Fsp3) is 0.455. The molecule has 0 unspecified atom stereocenters. The van der Waals surface area contributed by atoms with Crippen LogP contribution in [0, 0.1) is 0 Å². The lowest BCUT2D eigenvalue weighted by Crippen LogP contribution is -2.30. The zero-order valence-electron chi connectivity index (χ0n) is 17.1. The van der Waals surface area contributed by atoms with E-state index < -0.39 is 6.10 Å². The van der Waals surface area contributed by atoms with E-state index in [9.17, 15) is 9.59 Å². The van der Waals surface area contributed by atoms with E-state index in [1.54, 1.807) is 25.1 Å². The highest BCUT2D eigenvalue weighted by atomic mass is 35.5. The third kappa shape index (κ3) is 5.48. The Morgan fingerprint density at radius 3 is 2.70 bits per heavy atom. The van der Waals surface area contributed by atoms with Crippen LogP contribution in [-0.4, -0.2) is 24.6 Å². The standard InChI is InChI=1S/C22H25Cl2NO4S/c1-3-11-28-22(27)19-15-7-5-4-6-8-18(15)30-21(19)25-20(26)13(2)29-17-10-9-14(23)12-16(17)24/h9-10,12-13H,3-8,11H2,1-2H3,(H,25,26)/t13-/m0/s1. The minimum atomic E-state index is -0.815. The number of ether oxygens (including phenoxy) is 2. The second kappa shape index (κ2) is 10.5. The van der Waals surface area contributed by atoms with Crippen LogP contribution in [0.4, 0.5) is 5.00 Å². The average molecular weight is 470 g/mol. The smallest absolute Gasteiger partial charge is 0.341 e. The van der Waals surface area contributed by atoms with Crippen molar-refractivity contribution < 1.29 is 19.1 Å². The zero-order chi connectivity index (χ0) is 21.7. The van der Waals surface area contributed by atoms with Crippen molar-refractivity contribution in [1.29, 1.82) is 0 Å². The molecule has 8 heteroatoms. The molecule has 0 spiro atoms. The predicted molar refractivity (Wildman–Crippen MR) is 121 cm³/mol. The van der Waals surface area contributed by atoms with E-state index in [0.29, 0.717) is 33.0 Å². The second-order valence-corrected chi connectivity index (χ2v) is 9.18. The molecule has 1 aliphatic carbocycles. The second-order valence-electron chi connectivity index (χ2n) is 7.23. The number of hydrogen-bond donors (Lipinski definition) is 1. The molecule has 0 fully saturated rings. The number of esters is 1. The molecule has 1 aromatic carbocycles. The molecule has 0 radical (unpaired) electrons. The van der Waals surface area contributed by atoms with Gasteiger partial charge in [-0.15, -0.1) is 11.3 Å². The van der Waals surface area contributed by atoms with Gasteiger partial charge in [0.2, 0.25) is 0 Å². The Balaban J connectivity index is 1.80. The Hall–Kier alpha value is -1.76. The molecule has 162 valence electrons. The summed E-state index contributed by atoms with van der Waals surface area (Å²) in [7, 11) is 0. The number of amides is 1. The molecule has 1 aromatic heterocycles. The van der Waals surface area contributed by atoms with Crippen molar-refractivity contribution in [1.82, 2.24) is 0 Å². The van der Waals surface area contributed by atoms with Crippen molar-refractivity contribution in [3.63, 3.8) is 0 Å². The fourth-order valence-electron chi connectivity index (χ4n) is 3.34.